The van der Waals surface area contributed by atoms with E-state index in [2.05, 4.69) is 19.7 Å². The number of hydrogen-bond donors (Lipinski definition) is 2. The molecule has 196 valence electrons. The maximum Gasteiger partial charge on any atom is 0.346 e. The number of H-pyrrole nitrogens is 1. The number of aromatic nitrogens is 3. The zero-order chi connectivity index (χ0) is 25.5. The maximum atomic E-state index is 12.8. The number of rotatable bonds is 10. The highest BCUT2D eigenvalue weighted by atomic mass is 35.5. The molecular weight excluding hydrogens is 518 g/mol. The van der Waals surface area contributed by atoms with Crippen LogP contribution in [0.5, 0.6) is 17.2 Å². The fourth-order valence-corrected chi connectivity index (χ4v) is 4.52. The summed E-state index contributed by atoms with van der Waals surface area (Å²) in [6.07, 6.45) is 5.76. The number of halogens is 1. The largest absolute Gasteiger partial charge is 0.493 e. The summed E-state index contributed by atoms with van der Waals surface area (Å²) in [5.74, 6) is 1.63. The van der Waals surface area contributed by atoms with Crippen LogP contribution in [0.4, 0.5) is 10.5 Å². The predicted octanol–water partition coefficient (Wildman–Crippen LogP) is 4.97. The van der Waals surface area contributed by atoms with Gasteiger partial charge in [0.05, 0.1) is 45.3 Å². The van der Waals surface area contributed by atoms with Gasteiger partial charge < -0.3 is 24.5 Å². The van der Waals surface area contributed by atoms with Gasteiger partial charge in [-0.1, -0.05) is 12.1 Å². The Labute approximate surface area is 225 Å². The highest BCUT2D eigenvalue weighted by Crippen LogP contribution is 2.44. The third-order valence-corrected chi connectivity index (χ3v) is 6.33. The van der Waals surface area contributed by atoms with Crippen molar-refractivity contribution < 1.29 is 23.8 Å². The summed E-state index contributed by atoms with van der Waals surface area (Å²) in [7, 11) is 6.18. The van der Waals surface area contributed by atoms with Crippen LogP contribution in [0.1, 0.15) is 5.69 Å². The first-order chi connectivity index (χ1) is 17.6. The minimum absolute atomic E-state index is 0. The van der Waals surface area contributed by atoms with Crippen molar-refractivity contribution in [3.8, 4) is 38.8 Å². The number of aromatic amines is 1. The number of amides is 2. The molecule has 2 amide bonds. The highest BCUT2D eigenvalue weighted by molar-refractivity contribution is 7.10. The second-order valence-corrected chi connectivity index (χ2v) is 8.37. The van der Waals surface area contributed by atoms with E-state index >= 15 is 0 Å². The Morgan fingerprint density at radius 1 is 1.03 bits per heavy atom. The van der Waals surface area contributed by atoms with E-state index in [-0.39, 0.29) is 18.4 Å². The Balaban J connectivity index is 0.00000380. The second-order valence-electron chi connectivity index (χ2n) is 7.57. The molecule has 0 radical (unpaired) electrons. The van der Waals surface area contributed by atoms with Gasteiger partial charge in [0.25, 0.3) is 0 Å². The average molecular weight is 546 g/mol. The van der Waals surface area contributed by atoms with Crippen molar-refractivity contribution >= 4 is 35.7 Å². The zero-order valence-electron chi connectivity index (χ0n) is 20.8. The lowest BCUT2D eigenvalue weighted by Crippen LogP contribution is -2.40. The molecule has 0 atom stereocenters. The van der Waals surface area contributed by atoms with Crippen molar-refractivity contribution in [2.75, 3.05) is 40.0 Å². The molecule has 10 nitrogen and oxygen atoms in total. The quantitative estimate of drug-likeness (QED) is 0.271. The highest BCUT2D eigenvalue weighted by Gasteiger charge is 2.20. The first-order valence-electron chi connectivity index (χ1n) is 11.0. The number of imidazole rings is 1. The molecular formula is C25H28ClN5O5S. The molecule has 37 heavy (non-hydrogen) atoms. The molecule has 0 saturated heterocycles. The molecule has 0 bridgehead atoms. The monoisotopic (exact) mass is 545 g/mol. The third-order valence-electron chi connectivity index (χ3n) is 5.48. The van der Waals surface area contributed by atoms with Gasteiger partial charge in [-0.15, -0.1) is 12.4 Å². The molecule has 0 spiro atoms. The van der Waals surface area contributed by atoms with Crippen LogP contribution in [0.3, 0.4) is 0 Å². The molecule has 2 heterocycles. The van der Waals surface area contributed by atoms with Gasteiger partial charge >= 0.3 is 6.03 Å². The summed E-state index contributed by atoms with van der Waals surface area (Å²) in [5, 5.41) is 4.08. The molecule has 4 aromatic rings. The first kappa shape index (κ1) is 27.8. The van der Waals surface area contributed by atoms with Crippen LogP contribution in [-0.4, -0.2) is 55.4 Å². The van der Waals surface area contributed by atoms with Crippen LogP contribution in [0.15, 0.2) is 55.1 Å². The SMILES string of the molecule is COc1cc(-c2sncc2-c2cccc(N(OC)C(=O)NCCc3cnc[nH]3)c2)cc(OC)c1OC.Cl. The molecule has 12 heteroatoms. The summed E-state index contributed by atoms with van der Waals surface area (Å²) in [6, 6.07) is 10.9. The van der Waals surface area contributed by atoms with Gasteiger partial charge in [0.1, 0.15) is 0 Å². The maximum absolute atomic E-state index is 12.8. The Morgan fingerprint density at radius 3 is 2.41 bits per heavy atom. The standard InChI is InChI=1S/C25H27N5O5S.ClH/c1-32-21-11-17(12-22(33-2)23(21)34-3)24-20(14-29-36-24)16-6-5-7-19(10-16)30(35-4)25(31)27-9-8-18-13-26-15-28-18;/h5-7,10-15H,8-9H2,1-4H3,(H,26,28)(H,27,31);1H. The van der Waals surface area contributed by atoms with E-state index < -0.39 is 0 Å². The van der Waals surface area contributed by atoms with E-state index in [0.29, 0.717) is 35.9 Å². The number of hydroxylamine groups is 1. The lowest BCUT2D eigenvalue weighted by molar-refractivity contribution is 0.163. The molecule has 2 N–H and O–H groups in total. The molecule has 0 aliphatic rings. The fraction of sp³-hybridized carbons (Fsp3) is 0.240. The Morgan fingerprint density at radius 2 is 1.78 bits per heavy atom. The molecule has 2 aromatic heterocycles. The second kappa shape index (κ2) is 12.9. The molecule has 0 aliphatic carbocycles. The van der Waals surface area contributed by atoms with Crippen molar-refractivity contribution in [3.05, 3.63) is 60.8 Å². The number of hydrogen-bond acceptors (Lipinski definition) is 8. The summed E-state index contributed by atoms with van der Waals surface area (Å²) in [5.41, 5.74) is 4.15. The summed E-state index contributed by atoms with van der Waals surface area (Å²) >= 11 is 1.35. The lowest BCUT2D eigenvalue weighted by atomic mass is 10.0. The molecule has 2 aromatic carbocycles. The minimum Gasteiger partial charge on any atom is -0.493 e. The van der Waals surface area contributed by atoms with Crippen molar-refractivity contribution in [1.29, 1.82) is 0 Å². The number of benzene rings is 2. The minimum atomic E-state index is -0.373. The van der Waals surface area contributed by atoms with Crippen LogP contribution >= 0.6 is 23.9 Å². The first-order valence-corrected chi connectivity index (χ1v) is 11.8. The molecule has 0 saturated carbocycles. The number of carbonyl (C=O) groups excluding carboxylic acids is 1. The van der Waals surface area contributed by atoms with E-state index in [1.807, 2.05) is 30.3 Å². The van der Waals surface area contributed by atoms with Crippen LogP contribution in [-0.2, 0) is 11.3 Å². The van der Waals surface area contributed by atoms with Gasteiger partial charge in [-0.3, -0.25) is 4.84 Å². The van der Waals surface area contributed by atoms with Gasteiger partial charge in [-0.2, -0.15) is 9.44 Å². The topological polar surface area (TPSA) is 111 Å². The van der Waals surface area contributed by atoms with Crippen LogP contribution in [0.2, 0.25) is 0 Å². The number of nitrogens with zero attached hydrogens (tertiary/aromatic N) is 3. The number of urea groups is 1. The number of anilines is 1. The van der Waals surface area contributed by atoms with Gasteiger partial charge in [0.2, 0.25) is 5.75 Å². The average Bonchev–Trinajstić information content (AvgIpc) is 3.61. The predicted molar refractivity (Wildman–Crippen MR) is 145 cm³/mol. The molecule has 0 fully saturated rings. The third kappa shape index (κ3) is 6.13. The number of methoxy groups -OCH3 is 3. The van der Waals surface area contributed by atoms with Gasteiger partial charge in [-0.25, -0.2) is 9.78 Å². The summed E-state index contributed by atoms with van der Waals surface area (Å²) in [4.78, 5) is 26.1. The van der Waals surface area contributed by atoms with E-state index in [1.54, 1.807) is 46.1 Å². The van der Waals surface area contributed by atoms with Crippen molar-refractivity contribution in [2.45, 2.75) is 6.42 Å². The molecule has 4 rings (SSSR count). The Hall–Kier alpha value is -3.80. The van der Waals surface area contributed by atoms with E-state index in [9.17, 15) is 4.79 Å². The van der Waals surface area contributed by atoms with Gasteiger partial charge in [0, 0.05) is 42.2 Å². The molecule has 0 unspecified atom stereocenters. The van der Waals surface area contributed by atoms with Crippen LogP contribution in [0, 0.1) is 0 Å². The number of ether oxygens (including phenoxy) is 3. The summed E-state index contributed by atoms with van der Waals surface area (Å²) in [6.45, 7) is 0.431. The fourth-order valence-electron chi connectivity index (χ4n) is 3.77. The van der Waals surface area contributed by atoms with Crippen molar-refractivity contribution in [1.82, 2.24) is 19.7 Å². The number of carbonyl (C=O) groups is 1. The summed E-state index contributed by atoms with van der Waals surface area (Å²) < 4.78 is 20.9. The van der Waals surface area contributed by atoms with E-state index in [1.165, 1.54) is 23.7 Å². The zero-order valence-corrected chi connectivity index (χ0v) is 22.4. The van der Waals surface area contributed by atoms with Crippen molar-refractivity contribution in [2.24, 2.45) is 0 Å². The molecule has 0 aliphatic heterocycles. The van der Waals surface area contributed by atoms with Crippen molar-refractivity contribution in [3.63, 3.8) is 0 Å². The Kier molecular flexibility index (Phi) is 9.72. The van der Waals surface area contributed by atoms with Gasteiger partial charge in [0.15, 0.2) is 11.5 Å². The van der Waals surface area contributed by atoms with Gasteiger partial charge in [-0.05, 0) is 41.4 Å². The van der Waals surface area contributed by atoms with E-state index in [4.69, 9.17) is 19.0 Å². The van der Waals surface area contributed by atoms with Crippen LogP contribution in [0.25, 0.3) is 21.6 Å². The van der Waals surface area contributed by atoms with E-state index in [0.717, 1.165) is 27.3 Å². The smallest absolute Gasteiger partial charge is 0.346 e. The van der Waals surface area contributed by atoms with Crippen LogP contribution < -0.4 is 24.6 Å². The lowest BCUT2D eigenvalue weighted by Gasteiger charge is -2.21. The Bertz CT molecular complexity index is 1290. The normalized spacial score (nSPS) is 10.4. The number of nitrogens with one attached hydrogen (secondary N) is 2.